The summed E-state index contributed by atoms with van der Waals surface area (Å²) >= 11 is 0. The molecule has 0 radical (unpaired) electrons. The zero-order chi connectivity index (χ0) is 17.8. The minimum absolute atomic E-state index is 0.291. The van der Waals surface area contributed by atoms with Crippen LogP contribution in [0.3, 0.4) is 0 Å². The Morgan fingerprint density at radius 3 is 2.64 bits per heavy atom. The molecule has 3 rings (SSSR count). The smallest absolute Gasteiger partial charge is 0.356 e. The van der Waals surface area contributed by atoms with Crippen LogP contribution in [0, 0.1) is 13.8 Å². The average Bonchev–Trinajstić information content (AvgIpc) is 3.04. The molecular weight excluding hydrogens is 318 g/mol. The number of aromatic amines is 1. The van der Waals surface area contributed by atoms with E-state index < -0.39 is 5.97 Å². The van der Waals surface area contributed by atoms with Crippen molar-refractivity contribution in [1.29, 1.82) is 0 Å². The predicted octanol–water partition coefficient (Wildman–Crippen LogP) is 3.40. The molecule has 0 bridgehead atoms. The zero-order valence-electron chi connectivity index (χ0n) is 14.3. The van der Waals surface area contributed by atoms with Crippen LogP contribution in [-0.2, 0) is 4.74 Å². The molecule has 2 N–H and O–H groups in total. The van der Waals surface area contributed by atoms with Gasteiger partial charge in [-0.1, -0.05) is 6.07 Å². The van der Waals surface area contributed by atoms with Crippen molar-refractivity contribution in [3.05, 3.63) is 53.3 Å². The fourth-order valence-electron chi connectivity index (χ4n) is 2.50. The second-order valence-electron chi connectivity index (χ2n) is 5.65. The number of H-pyrrole nitrogens is 1. The maximum atomic E-state index is 11.7. The number of carbonyl (C=O) groups excluding carboxylic acids is 1. The van der Waals surface area contributed by atoms with Crippen molar-refractivity contribution < 1.29 is 9.53 Å². The number of esters is 1. The Balaban J connectivity index is 1.83. The zero-order valence-corrected chi connectivity index (χ0v) is 14.3. The lowest BCUT2D eigenvalue weighted by atomic mass is 10.1. The van der Waals surface area contributed by atoms with E-state index in [4.69, 9.17) is 4.74 Å². The van der Waals surface area contributed by atoms with Crippen molar-refractivity contribution in [3.8, 4) is 11.4 Å². The molecule has 0 atom stereocenters. The van der Waals surface area contributed by atoms with Gasteiger partial charge in [0.2, 0.25) is 5.95 Å². The number of carbonyl (C=O) groups is 1. The normalized spacial score (nSPS) is 10.5. The molecular formula is C18H19N5O2. The summed E-state index contributed by atoms with van der Waals surface area (Å²) in [6.45, 7) is 6.14. The molecule has 2 aromatic heterocycles. The van der Waals surface area contributed by atoms with E-state index in [9.17, 15) is 4.79 Å². The van der Waals surface area contributed by atoms with Crippen LogP contribution in [0.4, 0.5) is 11.6 Å². The lowest BCUT2D eigenvalue weighted by Crippen LogP contribution is -2.04. The van der Waals surface area contributed by atoms with Gasteiger partial charge in [-0.15, -0.1) is 0 Å². The number of anilines is 2. The first kappa shape index (κ1) is 16.6. The van der Waals surface area contributed by atoms with Crippen LogP contribution in [0.2, 0.25) is 0 Å². The minimum atomic E-state index is -0.441. The van der Waals surface area contributed by atoms with E-state index >= 15 is 0 Å². The van der Waals surface area contributed by atoms with Gasteiger partial charge < -0.3 is 10.1 Å². The maximum absolute atomic E-state index is 11.7. The second kappa shape index (κ2) is 7.12. The lowest BCUT2D eigenvalue weighted by molar-refractivity contribution is 0.0519. The Labute approximate surface area is 145 Å². The quantitative estimate of drug-likeness (QED) is 0.693. The molecule has 0 aliphatic carbocycles. The number of aryl methyl sites for hydroxylation is 2. The number of nitrogens with zero attached hydrogens (tertiary/aromatic N) is 3. The van der Waals surface area contributed by atoms with Gasteiger partial charge in [0.25, 0.3) is 0 Å². The molecule has 0 saturated carbocycles. The number of rotatable bonds is 5. The molecule has 0 aliphatic heterocycles. The summed E-state index contributed by atoms with van der Waals surface area (Å²) in [5.41, 5.74) is 4.68. The summed E-state index contributed by atoms with van der Waals surface area (Å²) < 4.78 is 4.95. The van der Waals surface area contributed by atoms with Crippen LogP contribution in [-0.4, -0.2) is 32.7 Å². The van der Waals surface area contributed by atoms with Crippen molar-refractivity contribution in [3.63, 3.8) is 0 Å². The van der Waals surface area contributed by atoms with Crippen LogP contribution in [0.15, 0.2) is 36.5 Å². The van der Waals surface area contributed by atoms with Gasteiger partial charge >= 0.3 is 5.97 Å². The van der Waals surface area contributed by atoms with Crippen molar-refractivity contribution in [2.45, 2.75) is 20.8 Å². The highest BCUT2D eigenvalue weighted by molar-refractivity contribution is 5.88. The van der Waals surface area contributed by atoms with Gasteiger partial charge in [-0.2, -0.15) is 5.10 Å². The van der Waals surface area contributed by atoms with Gasteiger partial charge in [-0.05, 0) is 50.1 Å². The molecule has 128 valence electrons. The van der Waals surface area contributed by atoms with E-state index in [0.29, 0.717) is 29.6 Å². The molecule has 0 fully saturated rings. The van der Waals surface area contributed by atoms with Crippen molar-refractivity contribution in [2.24, 2.45) is 0 Å². The van der Waals surface area contributed by atoms with Gasteiger partial charge in [0.15, 0.2) is 0 Å². The van der Waals surface area contributed by atoms with Gasteiger partial charge in [-0.25, -0.2) is 14.8 Å². The topological polar surface area (TPSA) is 92.8 Å². The first-order chi connectivity index (χ1) is 12.0. The average molecular weight is 337 g/mol. The number of nitrogens with one attached hydrogen (secondary N) is 2. The van der Waals surface area contributed by atoms with Crippen molar-refractivity contribution in [1.82, 2.24) is 20.2 Å². The monoisotopic (exact) mass is 337 g/mol. The highest BCUT2D eigenvalue weighted by Gasteiger charge is 2.13. The Morgan fingerprint density at radius 2 is 1.92 bits per heavy atom. The second-order valence-corrected chi connectivity index (χ2v) is 5.65. The van der Waals surface area contributed by atoms with E-state index in [1.165, 1.54) is 0 Å². The highest BCUT2D eigenvalue weighted by Crippen LogP contribution is 2.20. The fourth-order valence-corrected chi connectivity index (χ4v) is 2.50. The summed E-state index contributed by atoms with van der Waals surface area (Å²) in [5.74, 6) is 0.0204. The molecule has 0 spiro atoms. The number of hydrogen-bond acceptors (Lipinski definition) is 6. The fraction of sp³-hybridized carbons (Fsp3) is 0.222. The summed E-state index contributed by atoms with van der Waals surface area (Å²) in [6, 6.07) is 9.49. The van der Waals surface area contributed by atoms with Crippen molar-refractivity contribution >= 4 is 17.6 Å². The van der Waals surface area contributed by atoms with Crippen LogP contribution < -0.4 is 5.32 Å². The maximum Gasteiger partial charge on any atom is 0.356 e. The largest absolute Gasteiger partial charge is 0.461 e. The Bertz CT molecular complexity index is 884. The third kappa shape index (κ3) is 4.00. The summed E-state index contributed by atoms with van der Waals surface area (Å²) in [5, 5.41) is 9.98. The molecule has 1 aromatic carbocycles. The molecule has 2 heterocycles. The summed E-state index contributed by atoms with van der Waals surface area (Å²) in [6.07, 6.45) is 1.64. The molecule has 7 nitrogen and oxygen atoms in total. The lowest BCUT2D eigenvalue weighted by Gasteiger charge is -2.07. The van der Waals surface area contributed by atoms with E-state index in [2.05, 4.69) is 31.5 Å². The molecule has 0 saturated heterocycles. The van der Waals surface area contributed by atoms with E-state index in [1.807, 2.05) is 26.0 Å². The Morgan fingerprint density at radius 1 is 1.16 bits per heavy atom. The van der Waals surface area contributed by atoms with Crippen LogP contribution >= 0.6 is 0 Å². The van der Waals surface area contributed by atoms with E-state index in [1.54, 1.807) is 25.3 Å². The van der Waals surface area contributed by atoms with Gasteiger partial charge in [0.1, 0.15) is 11.4 Å². The standard InChI is InChI=1S/C18H19N5O2/c1-4-25-17(24)16-10-15(22-23-16)14-5-6-19-18(21-14)20-13-8-11(2)7-12(3)9-13/h5-10H,4H2,1-3H3,(H,22,23)(H,19,20,21). The van der Waals surface area contributed by atoms with Crippen LogP contribution in [0.25, 0.3) is 11.4 Å². The molecule has 25 heavy (non-hydrogen) atoms. The van der Waals surface area contributed by atoms with Crippen LogP contribution in [0.5, 0.6) is 0 Å². The van der Waals surface area contributed by atoms with Crippen molar-refractivity contribution in [2.75, 3.05) is 11.9 Å². The third-order valence-electron chi connectivity index (χ3n) is 3.47. The number of ether oxygens (including phenoxy) is 1. The Kier molecular flexibility index (Phi) is 4.74. The van der Waals surface area contributed by atoms with Gasteiger partial charge in [-0.3, -0.25) is 5.10 Å². The molecule has 0 aliphatic rings. The number of hydrogen-bond donors (Lipinski definition) is 2. The molecule has 0 amide bonds. The Hall–Kier alpha value is -3.22. The summed E-state index contributed by atoms with van der Waals surface area (Å²) in [7, 11) is 0. The molecule has 0 unspecified atom stereocenters. The SMILES string of the molecule is CCOC(=O)c1cc(-c2ccnc(Nc3cc(C)cc(C)c3)n2)n[nH]1. The number of aromatic nitrogens is 4. The minimum Gasteiger partial charge on any atom is -0.461 e. The van der Waals surface area contributed by atoms with Gasteiger partial charge in [0, 0.05) is 18.0 Å². The van der Waals surface area contributed by atoms with E-state index in [0.717, 1.165) is 16.8 Å². The van der Waals surface area contributed by atoms with E-state index in [-0.39, 0.29) is 0 Å². The first-order valence-electron chi connectivity index (χ1n) is 7.96. The predicted molar refractivity (Wildman–Crippen MR) is 94.8 cm³/mol. The molecule has 7 heteroatoms. The van der Waals surface area contributed by atoms with Gasteiger partial charge in [0.05, 0.1) is 12.3 Å². The number of benzene rings is 1. The summed E-state index contributed by atoms with van der Waals surface area (Å²) in [4.78, 5) is 20.4. The molecule has 3 aromatic rings. The van der Waals surface area contributed by atoms with Crippen LogP contribution in [0.1, 0.15) is 28.5 Å². The first-order valence-corrected chi connectivity index (χ1v) is 7.96. The third-order valence-corrected chi connectivity index (χ3v) is 3.47. The highest BCUT2D eigenvalue weighted by atomic mass is 16.5.